The normalized spacial score (nSPS) is 15.3. The molecule has 6 aromatic carbocycles. The zero-order valence-electron chi connectivity index (χ0n) is 61.0. The Balaban J connectivity index is 0.000000213. The summed E-state index contributed by atoms with van der Waals surface area (Å²) >= 11 is 1.56. The fourth-order valence-electron chi connectivity index (χ4n) is 14.2. The SMILES string of the molecule is C.CC[C@@H](C(C)C)n1ncn(-c2ccc(N3CCN(c4ccc(-c5ccc(C(F)(F)C(O)(Cn6nccn6)c6ccccc6F)nc5)cc4)CC3)cc2)c1=O.CC[C@@H]([C@H](C)O)n1ncn(-c2ccc(N3CCN(c4ccc(-c5ccc(C(F)(F)C(O)(Cn6nccn6)c6ccccc6F)nc5)cc4)CC3)cc2)c1=O.[NH]=[V]. The molecule has 0 bridgehead atoms. The third-order valence-electron chi connectivity index (χ3n) is 20.4. The van der Waals surface area contributed by atoms with Crippen LogP contribution < -0.4 is 31.0 Å². The molecule has 111 heavy (non-hydrogen) atoms. The summed E-state index contributed by atoms with van der Waals surface area (Å²) in [5.74, 6) is -9.69. The van der Waals surface area contributed by atoms with Gasteiger partial charge < -0.3 is 34.9 Å². The number of nitrogens with one attached hydrogen (secondary N) is 1. The monoisotopic (exact) mass is 1560 g/mol. The van der Waals surface area contributed by atoms with Gasteiger partial charge in [-0.2, -0.15) is 57.7 Å². The second-order valence-corrected chi connectivity index (χ2v) is 27.3. The average Bonchev–Trinajstić information content (AvgIpc) is 0.979. The first-order valence-electron chi connectivity index (χ1n) is 36.0. The van der Waals surface area contributed by atoms with E-state index < -0.39 is 82.4 Å². The number of nitrogens with zero attached hydrogens (tertiary/aromatic N) is 18. The second kappa shape index (κ2) is 34.8. The van der Waals surface area contributed by atoms with Crippen LogP contribution in [-0.2, 0) is 53.4 Å². The van der Waals surface area contributed by atoms with Crippen LogP contribution in [0.15, 0.2) is 229 Å². The summed E-state index contributed by atoms with van der Waals surface area (Å²) in [5.41, 5.74) is -0.721. The molecule has 579 valence electrons. The van der Waals surface area contributed by atoms with Crippen LogP contribution in [0.3, 0.4) is 0 Å². The van der Waals surface area contributed by atoms with E-state index in [-0.39, 0.29) is 24.8 Å². The molecule has 2 aliphatic rings. The van der Waals surface area contributed by atoms with Crippen molar-refractivity contribution in [2.45, 2.75) is 109 Å². The maximum atomic E-state index is 16.2. The molecule has 2 aliphatic heterocycles. The van der Waals surface area contributed by atoms with Crippen LogP contribution >= 0.6 is 0 Å². The topological polar surface area (TPSA) is 264 Å². The molecule has 0 radical (unpaired) electrons. The zero-order valence-corrected chi connectivity index (χ0v) is 62.4. The summed E-state index contributed by atoms with van der Waals surface area (Å²) in [7, 11) is 0. The third-order valence-corrected chi connectivity index (χ3v) is 20.4. The maximum absolute atomic E-state index is 16.2. The number of aromatic nitrogens is 14. The van der Waals surface area contributed by atoms with Crippen molar-refractivity contribution in [3.8, 4) is 33.6 Å². The van der Waals surface area contributed by atoms with Crippen LogP contribution in [0.2, 0.25) is 0 Å². The molecule has 12 aromatic rings. The number of anilines is 4. The van der Waals surface area contributed by atoms with Crippen molar-refractivity contribution in [2.75, 3.05) is 72.0 Å². The van der Waals surface area contributed by atoms with Gasteiger partial charge in [0.25, 0.3) is 0 Å². The van der Waals surface area contributed by atoms with E-state index in [0.717, 1.165) is 144 Å². The van der Waals surface area contributed by atoms with E-state index in [0.29, 0.717) is 29.2 Å². The molecule has 5 atom stereocenters. The van der Waals surface area contributed by atoms with E-state index in [9.17, 15) is 33.7 Å². The first kappa shape index (κ1) is 80.8. The van der Waals surface area contributed by atoms with Crippen LogP contribution in [0, 0.1) is 21.8 Å². The zero-order chi connectivity index (χ0) is 78.1. The number of piperazine rings is 2. The minimum absolute atomic E-state index is 0. The molecule has 8 heterocycles. The molecule has 6 aromatic heterocycles. The molecule has 14 rings (SSSR count). The summed E-state index contributed by atoms with van der Waals surface area (Å²) in [6.45, 7) is 14.5. The van der Waals surface area contributed by atoms with Gasteiger partial charge in [0.2, 0.25) is 0 Å². The third kappa shape index (κ3) is 16.8. The van der Waals surface area contributed by atoms with Crippen molar-refractivity contribution in [3.63, 3.8) is 0 Å². The van der Waals surface area contributed by atoms with E-state index in [4.69, 9.17) is 4.21 Å². The minimum atomic E-state index is -4.02. The van der Waals surface area contributed by atoms with Crippen molar-refractivity contribution in [1.29, 1.82) is 4.21 Å². The van der Waals surface area contributed by atoms with Crippen LogP contribution in [0.25, 0.3) is 33.6 Å². The van der Waals surface area contributed by atoms with Crippen LogP contribution in [-0.4, -0.2) is 142 Å². The van der Waals surface area contributed by atoms with E-state index in [1.165, 1.54) is 89.2 Å². The Morgan fingerprint density at radius 2 is 0.730 bits per heavy atom. The number of halogens is 6. The molecule has 24 nitrogen and oxygen atoms in total. The van der Waals surface area contributed by atoms with Crippen molar-refractivity contribution < 1.29 is 58.9 Å². The number of rotatable bonds is 24. The van der Waals surface area contributed by atoms with E-state index >= 15 is 17.6 Å². The standard InChI is InChI=1S/C40H42F3N9O2.C39H40F3N9O3.CH4.HN.V/c1-4-36(28(2)3)52-38(53)50(27-47-52)33-16-14-32(15-17-33)49-23-21-48(22-24-49)31-12-9-29(10-13-31)30-11-18-37(44-25-30)40(42,43)39(54,26-51-45-19-20-46-51)34-7-5-6-8-35(34)41;1-3-35(27(2)52)51-37(53)49(26-46-51)32-15-13-31(14-16-32)48-22-20-47(21-23-48)30-11-8-28(9-12-30)29-10-17-36(43-24-29)39(41,42)38(54,25-50-44-18-19-45-50)33-6-4-5-7-34(33)40;;;/h5-20,25,27-28,36,54H,4,21-24,26H2,1-3H3;4-19,24,26-27,35,52,54H,3,20-23,25H2,1-2H3;1H4;1H;/t36-,39?;27-,35-,38?;;;/m00.../s1. The molecule has 0 amide bonds. The molecule has 0 saturated carbocycles. The van der Waals surface area contributed by atoms with Gasteiger partial charge in [-0.15, -0.1) is 0 Å². The number of alkyl halides is 4. The van der Waals surface area contributed by atoms with Crippen molar-refractivity contribution in [3.05, 3.63) is 275 Å². The summed E-state index contributed by atoms with van der Waals surface area (Å²) in [6.07, 6.45) is 11.6. The Bertz CT molecular complexity index is 4780. The Kier molecular flexibility index (Phi) is 25.3. The van der Waals surface area contributed by atoms with Crippen molar-refractivity contribution >= 4 is 22.7 Å². The van der Waals surface area contributed by atoms with Gasteiger partial charge in [-0.25, -0.2) is 36.9 Å². The number of hydrogen-bond donors (Lipinski definition) is 4. The number of aliphatic hydroxyl groups is 3. The fourth-order valence-corrected chi connectivity index (χ4v) is 14.2. The van der Waals surface area contributed by atoms with Gasteiger partial charge in [-0.05, 0) is 134 Å². The average molecular weight is 1560 g/mol. The van der Waals surface area contributed by atoms with Gasteiger partial charge in [-0.3, -0.25) is 9.97 Å². The first-order chi connectivity index (χ1) is 53.0. The van der Waals surface area contributed by atoms with Crippen LogP contribution in [0.5, 0.6) is 0 Å². The summed E-state index contributed by atoms with van der Waals surface area (Å²) in [5, 5.41) is 57.1. The van der Waals surface area contributed by atoms with Gasteiger partial charge >= 0.3 is 44.7 Å². The number of pyridine rings is 2. The van der Waals surface area contributed by atoms with Crippen molar-refractivity contribution in [1.82, 2.24) is 68.7 Å². The molecular formula is C80H87F6N19O5V. The summed E-state index contributed by atoms with van der Waals surface area (Å²) in [6, 6.07) is 46.1. The molecule has 2 fully saturated rings. The quantitative estimate of drug-likeness (QED) is 0.0410. The van der Waals surface area contributed by atoms with Gasteiger partial charge in [-0.1, -0.05) is 108 Å². The molecule has 2 saturated heterocycles. The summed E-state index contributed by atoms with van der Waals surface area (Å²) < 4.78 is 106. The van der Waals surface area contributed by atoms with Gasteiger partial charge in [0.15, 0.2) is 11.2 Å². The Morgan fingerprint density at radius 1 is 0.432 bits per heavy atom. The molecular weight excluding hydrogens is 1470 g/mol. The number of hydrogen-bond acceptors (Lipinski definition) is 18. The van der Waals surface area contributed by atoms with Gasteiger partial charge in [0.1, 0.15) is 48.8 Å². The van der Waals surface area contributed by atoms with E-state index in [2.05, 4.69) is 80.9 Å². The number of aliphatic hydroxyl groups excluding tert-OH is 1. The number of benzene rings is 6. The van der Waals surface area contributed by atoms with Crippen LogP contribution in [0.1, 0.15) is 89.5 Å². The predicted octanol–water partition coefficient (Wildman–Crippen LogP) is 12.5. The van der Waals surface area contributed by atoms with Gasteiger partial charge in [0.05, 0.1) is 54.3 Å². The van der Waals surface area contributed by atoms with Crippen molar-refractivity contribution in [2.24, 2.45) is 5.92 Å². The second-order valence-electron chi connectivity index (χ2n) is 27.3. The molecule has 2 unspecified atom stereocenters. The molecule has 31 heteroatoms. The molecule has 0 spiro atoms. The Hall–Kier alpha value is -11.2. The first-order valence-corrected chi connectivity index (χ1v) is 36.7. The van der Waals surface area contributed by atoms with Gasteiger partial charge in [0, 0.05) is 110 Å². The summed E-state index contributed by atoms with van der Waals surface area (Å²) in [4.78, 5) is 45.1. The predicted molar refractivity (Wildman–Crippen MR) is 407 cm³/mol. The Morgan fingerprint density at radius 3 is 1.02 bits per heavy atom. The molecule has 4 N–H and O–H groups in total. The fraction of sp³-hybridized carbons (Fsp3) is 0.325. The Labute approximate surface area is 646 Å². The van der Waals surface area contributed by atoms with Crippen LogP contribution in [0.4, 0.5) is 49.1 Å². The van der Waals surface area contributed by atoms with E-state index in [1.54, 1.807) is 39.7 Å². The van der Waals surface area contributed by atoms with E-state index in [1.807, 2.05) is 104 Å². The molecule has 0 aliphatic carbocycles.